The van der Waals surface area contributed by atoms with E-state index in [-0.39, 0.29) is 11.9 Å². The summed E-state index contributed by atoms with van der Waals surface area (Å²) >= 11 is 0. The fourth-order valence-corrected chi connectivity index (χ4v) is 2.08. The number of rotatable bonds is 2. The van der Waals surface area contributed by atoms with Crippen LogP contribution in [-0.2, 0) is 16.0 Å². The Kier molecular flexibility index (Phi) is 3.13. The maximum atomic E-state index is 11.4. The van der Waals surface area contributed by atoms with Gasteiger partial charge in [-0.2, -0.15) is 0 Å². The summed E-state index contributed by atoms with van der Waals surface area (Å²) in [6.45, 7) is 2.92. The van der Waals surface area contributed by atoms with E-state index < -0.39 is 0 Å². The minimum Gasteiger partial charge on any atom is -0.469 e. The van der Waals surface area contributed by atoms with Crippen molar-refractivity contribution < 1.29 is 9.53 Å². The second-order valence-corrected chi connectivity index (χ2v) is 4.19. The molecule has 0 aromatic heterocycles. The summed E-state index contributed by atoms with van der Waals surface area (Å²) in [5.41, 5.74) is 3.54. The van der Waals surface area contributed by atoms with Crippen LogP contribution in [0.25, 0.3) is 0 Å². The van der Waals surface area contributed by atoms with Crippen LogP contribution in [0.15, 0.2) is 18.2 Å². The molecule has 2 rings (SSSR count). The Labute approximate surface area is 95.8 Å². The van der Waals surface area contributed by atoms with Gasteiger partial charge >= 0.3 is 5.97 Å². The molecule has 1 aliphatic heterocycles. The highest BCUT2D eigenvalue weighted by molar-refractivity contribution is 5.78. The molecule has 0 saturated carbocycles. The van der Waals surface area contributed by atoms with Crippen molar-refractivity contribution >= 4 is 11.7 Å². The predicted molar refractivity (Wildman–Crippen MR) is 63.7 cm³/mol. The first-order valence-corrected chi connectivity index (χ1v) is 5.67. The summed E-state index contributed by atoms with van der Waals surface area (Å²) in [6, 6.07) is 6.17. The molecule has 1 aromatic carbocycles. The summed E-state index contributed by atoms with van der Waals surface area (Å²) in [5, 5.41) is 3.36. The highest BCUT2D eigenvalue weighted by Gasteiger charge is 2.17. The van der Waals surface area contributed by atoms with E-state index in [9.17, 15) is 4.79 Å². The molecular weight excluding hydrogens is 202 g/mol. The standard InChI is InChI=1S/C13H17NO2/c1-9(13(15)16-2)10-5-6-12-11(8-10)4-3-7-14-12/h5-6,8-9,14H,3-4,7H2,1-2H3/t9-/m1/s1. The largest absolute Gasteiger partial charge is 0.469 e. The summed E-state index contributed by atoms with van der Waals surface area (Å²) in [7, 11) is 1.43. The van der Waals surface area contributed by atoms with E-state index in [1.54, 1.807) is 0 Å². The van der Waals surface area contributed by atoms with Gasteiger partial charge in [-0.1, -0.05) is 12.1 Å². The molecule has 1 atom stereocenters. The smallest absolute Gasteiger partial charge is 0.312 e. The molecule has 1 N–H and O–H groups in total. The third-order valence-electron chi connectivity index (χ3n) is 3.12. The summed E-state index contributed by atoms with van der Waals surface area (Å²) < 4.78 is 4.76. The van der Waals surface area contributed by atoms with Crippen LogP contribution in [-0.4, -0.2) is 19.6 Å². The Morgan fingerprint density at radius 1 is 1.50 bits per heavy atom. The third kappa shape index (κ3) is 2.03. The van der Waals surface area contributed by atoms with Crippen molar-refractivity contribution in [1.82, 2.24) is 0 Å². The number of nitrogens with one attached hydrogen (secondary N) is 1. The first kappa shape index (κ1) is 11.0. The molecule has 3 nitrogen and oxygen atoms in total. The topological polar surface area (TPSA) is 38.3 Å². The monoisotopic (exact) mass is 219 g/mol. The molecule has 0 unspecified atom stereocenters. The van der Waals surface area contributed by atoms with Crippen LogP contribution in [0.3, 0.4) is 0 Å². The van der Waals surface area contributed by atoms with E-state index in [4.69, 9.17) is 4.74 Å². The molecule has 0 bridgehead atoms. The predicted octanol–water partition coefficient (Wildman–Crippen LogP) is 2.32. The van der Waals surface area contributed by atoms with E-state index in [2.05, 4.69) is 17.4 Å². The van der Waals surface area contributed by atoms with E-state index in [0.717, 1.165) is 24.9 Å². The van der Waals surface area contributed by atoms with Gasteiger partial charge in [0.05, 0.1) is 13.0 Å². The number of methoxy groups -OCH3 is 1. The lowest BCUT2D eigenvalue weighted by atomic mass is 9.95. The zero-order valence-corrected chi connectivity index (χ0v) is 9.75. The molecular formula is C13H17NO2. The van der Waals surface area contributed by atoms with Crippen LogP contribution >= 0.6 is 0 Å². The number of carbonyl (C=O) groups excluding carboxylic acids is 1. The molecule has 0 saturated heterocycles. The summed E-state index contributed by atoms with van der Waals surface area (Å²) in [6.07, 6.45) is 2.24. The number of hydrogen-bond acceptors (Lipinski definition) is 3. The normalized spacial score (nSPS) is 15.9. The first-order valence-electron chi connectivity index (χ1n) is 5.67. The van der Waals surface area contributed by atoms with Crippen LogP contribution in [0, 0.1) is 0 Å². The highest BCUT2D eigenvalue weighted by atomic mass is 16.5. The number of fused-ring (bicyclic) bond motifs is 1. The highest BCUT2D eigenvalue weighted by Crippen LogP contribution is 2.26. The van der Waals surface area contributed by atoms with Crippen LogP contribution in [0.5, 0.6) is 0 Å². The maximum Gasteiger partial charge on any atom is 0.312 e. The van der Waals surface area contributed by atoms with Crippen LogP contribution in [0.1, 0.15) is 30.4 Å². The number of benzene rings is 1. The van der Waals surface area contributed by atoms with Gasteiger partial charge in [0.2, 0.25) is 0 Å². The van der Waals surface area contributed by atoms with E-state index in [1.165, 1.54) is 18.4 Å². The van der Waals surface area contributed by atoms with Crippen LogP contribution in [0.2, 0.25) is 0 Å². The van der Waals surface area contributed by atoms with Crippen LogP contribution in [0.4, 0.5) is 5.69 Å². The van der Waals surface area contributed by atoms with Gasteiger partial charge in [0.25, 0.3) is 0 Å². The maximum absolute atomic E-state index is 11.4. The third-order valence-corrected chi connectivity index (χ3v) is 3.12. The lowest BCUT2D eigenvalue weighted by Gasteiger charge is -2.20. The number of esters is 1. The second-order valence-electron chi connectivity index (χ2n) is 4.19. The van der Waals surface area contributed by atoms with Gasteiger partial charge in [0, 0.05) is 12.2 Å². The lowest BCUT2D eigenvalue weighted by molar-refractivity contribution is -0.141. The fourth-order valence-electron chi connectivity index (χ4n) is 2.08. The lowest BCUT2D eigenvalue weighted by Crippen LogP contribution is -2.14. The van der Waals surface area contributed by atoms with Crippen molar-refractivity contribution in [1.29, 1.82) is 0 Å². The molecule has 0 amide bonds. The molecule has 0 spiro atoms. The van der Waals surface area contributed by atoms with Crippen molar-refractivity contribution in [2.45, 2.75) is 25.7 Å². The first-order chi connectivity index (χ1) is 7.72. The number of carbonyl (C=O) groups is 1. The molecule has 1 aromatic rings. The van der Waals surface area contributed by atoms with Crippen molar-refractivity contribution in [3.05, 3.63) is 29.3 Å². The number of aryl methyl sites for hydroxylation is 1. The Morgan fingerprint density at radius 3 is 3.06 bits per heavy atom. The zero-order chi connectivity index (χ0) is 11.5. The Bertz CT molecular complexity index is 401. The van der Waals surface area contributed by atoms with Crippen molar-refractivity contribution in [3.8, 4) is 0 Å². The minimum absolute atomic E-state index is 0.177. The van der Waals surface area contributed by atoms with Crippen molar-refractivity contribution in [3.63, 3.8) is 0 Å². The number of ether oxygens (including phenoxy) is 1. The molecule has 3 heteroatoms. The van der Waals surface area contributed by atoms with Gasteiger partial charge < -0.3 is 10.1 Å². The Morgan fingerprint density at radius 2 is 2.31 bits per heavy atom. The number of hydrogen-bond donors (Lipinski definition) is 1. The molecule has 16 heavy (non-hydrogen) atoms. The molecule has 1 aliphatic rings. The van der Waals surface area contributed by atoms with E-state index in [0.29, 0.717) is 0 Å². The zero-order valence-electron chi connectivity index (χ0n) is 9.75. The number of anilines is 1. The minimum atomic E-state index is -0.183. The quantitative estimate of drug-likeness (QED) is 0.776. The van der Waals surface area contributed by atoms with Gasteiger partial charge in [0.1, 0.15) is 0 Å². The fraction of sp³-hybridized carbons (Fsp3) is 0.462. The summed E-state index contributed by atoms with van der Waals surface area (Å²) in [4.78, 5) is 11.4. The molecule has 0 aliphatic carbocycles. The van der Waals surface area contributed by atoms with Gasteiger partial charge in [0.15, 0.2) is 0 Å². The van der Waals surface area contributed by atoms with Gasteiger partial charge in [-0.3, -0.25) is 4.79 Å². The average molecular weight is 219 g/mol. The Balaban J connectivity index is 2.26. The average Bonchev–Trinajstić information content (AvgIpc) is 2.36. The molecule has 86 valence electrons. The van der Waals surface area contributed by atoms with Gasteiger partial charge in [-0.25, -0.2) is 0 Å². The Hall–Kier alpha value is -1.51. The SMILES string of the molecule is COC(=O)[C@H](C)c1ccc2c(c1)CCCN2. The van der Waals surface area contributed by atoms with E-state index in [1.807, 2.05) is 13.0 Å². The van der Waals surface area contributed by atoms with Gasteiger partial charge in [-0.15, -0.1) is 0 Å². The molecule has 1 heterocycles. The van der Waals surface area contributed by atoms with Crippen LogP contribution < -0.4 is 5.32 Å². The van der Waals surface area contributed by atoms with Gasteiger partial charge in [-0.05, 0) is 37.0 Å². The van der Waals surface area contributed by atoms with Crippen molar-refractivity contribution in [2.24, 2.45) is 0 Å². The summed E-state index contributed by atoms with van der Waals surface area (Å²) in [5.74, 6) is -0.360. The molecule has 0 radical (unpaired) electrons. The molecule has 0 fully saturated rings. The van der Waals surface area contributed by atoms with E-state index >= 15 is 0 Å². The second kappa shape index (κ2) is 4.56. The van der Waals surface area contributed by atoms with Crippen molar-refractivity contribution in [2.75, 3.05) is 19.0 Å².